The van der Waals surface area contributed by atoms with E-state index in [4.69, 9.17) is 4.74 Å². The molecule has 2 N–H and O–H groups in total. The van der Waals surface area contributed by atoms with Gasteiger partial charge >= 0.3 is 17.9 Å². The summed E-state index contributed by atoms with van der Waals surface area (Å²) in [5.74, 6) is -0.701. The molecule has 0 unspecified atom stereocenters. The van der Waals surface area contributed by atoms with Crippen LogP contribution >= 0.6 is 0 Å². The number of nitrogens with one attached hydrogen (secondary N) is 2. The van der Waals surface area contributed by atoms with Gasteiger partial charge in [-0.3, -0.25) is 19.9 Å². The van der Waals surface area contributed by atoms with E-state index in [1.807, 2.05) is 24.4 Å². The van der Waals surface area contributed by atoms with Crippen LogP contribution in [-0.2, 0) is 14.3 Å². The number of nitrogens with zero attached hydrogens (tertiary/aromatic N) is 3. The summed E-state index contributed by atoms with van der Waals surface area (Å²) in [6, 6.07) is 9.48. The molecule has 1 saturated heterocycles. The highest BCUT2D eigenvalue weighted by molar-refractivity contribution is 6.39. The molecule has 0 saturated carbocycles. The molecular formula is C28H33N5O4. The molecule has 2 atom stereocenters. The van der Waals surface area contributed by atoms with Gasteiger partial charge in [-0.15, -0.1) is 0 Å². The van der Waals surface area contributed by atoms with Crippen LogP contribution in [0.1, 0.15) is 57.7 Å². The Morgan fingerprint density at radius 2 is 1.81 bits per heavy atom. The molecule has 3 aromatic rings. The number of carbonyl (C=O) groups excluding carboxylic acids is 3. The van der Waals surface area contributed by atoms with Crippen molar-refractivity contribution < 1.29 is 19.1 Å². The molecule has 1 aromatic carbocycles. The van der Waals surface area contributed by atoms with Crippen molar-refractivity contribution in [2.24, 2.45) is 5.92 Å². The highest BCUT2D eigenvalue weighted by Gasteiger charge is 2.34. The molecule has 0 spiro atoms. The third-order valence-electron chi connectivity index (χ3n) is 6.28. The molecule has 0 bridgehead atoms. The zero-order chi connectivity index (χ0) is 26.7. The summed E-state index contributed by atoms with van der Waals surface area (Å²) in [5, 5.41) is 7.34. The fourth-order valence-electron chi connectivity index (χ4n) is 4.52. The maximum absolute atomic E-state index is 13.3. The first-order valence-corrected chi connectivity index (χ1v) is 12.4. The zero-order valence-electron chi connectivity index (χ0n) is 21.9. The van der Waals surface area contributed by atoms with Crippen molar-refractivity contribution in [3.8, 4) is 0 Å². The molecule has 0 aliphatic carbocycles. The number of carbonyl (C=O) groups is 3. The molecule has 0 radical (unpaired) electrons. The van der Waals surface area contributed by atoms with Crippen molar-refractivity contribution in [2.45, 2.75) is 59.1 Å². The molecule has 3 heterocycles. The zero-order valence-corrected chi connectivity index (χ0v) is 21.9. The predicted octanol–water partition coefficient (Wildman–Crippen LogP) is 5.22. The third-order valence-corrected chi connectivity index (χ3v) is 6.28. The Kier molecular flexibility index (Phi) is 7.42. The minimum atomic E-state index is -0.724. The average Bonchev–Trinajstić information content (AvgIpc) is 2.83. The van der Waals surface area contributed by atoms with E-state index in [0.717, 1.165) is 29.2 Å². The molecule has 194 valence electrons. The van der Waals surface area contributed by atoms with Gasteiger partial charge in [0.05, 0.1) is 17.9 Å². The van der Waals surface area contributed by atoms with Gasteiger partial charge in [-0.1, -0.05) is 19.1 Å². The van der Waals surface area contributed by atoms with Crippen LogP contribution in [0.5, 0.6) is 0 Å². The van der Waals surface area contributed by atoms with Crippen LogP contribution in [0.3, 0.4) is 0 Å². The van der Waals surface area contributed by atoms with Crippen LogP contribution < -0.4 is 10.6 Å². The third kappa shape index (κ3) is 6.41. The largest absolute Gasteiger partial charge is 0.444 e. The quantitative estimate of drug-likeness (QED) is 0.474. The highest BCUT2D eigenvalue weighted by atomic mass is 16.6. The Hall–Kier alpha value is -4.01. The predicted molar refractivity (Wildman–Crippen MR) is 142 cm³/mol. The summed E-state index contributed by atoms with van der Waals surface area (Å²) in [5.41, 5.74) is 1.35. The SMILES string of the molecule is Cc1cc(NC(=O)C(=O)N2C[C@@H](C)CC[C@@H]2c2ccc3cnccc3c2)cnc1NC(=O)OC(C)(C)C. The van der Waals surface area contributed by atoms with E-state index < -0.39 is 23.5 Å². The number of piperidine rings is 1. The topological polar surface area (TPSA) is 114 Å². The fourth-order valence-corrected chi connectivity index (χ4v) is 4.52. The first-order chi connectivity index (χ1) is 17.5. The van der Waals surface area contributed by atoms with Crippen LogP contribution in [0.4, 0.5) is 16.3 Å². The van der Waals surface area contributed by atoms with Crippen molar-refractivity contribution in [3.05, 3.63) is 60.0 Å². The van der Waals surface area contributed by atoms with Gasteiger partial charge in [0.1, 0.15) is 11.4 Å². The van der Waals surface area contributed by atoms with E-state index in [1.54, 1.807) is 44.9 Å². The molecule has 3 amide bonds. The first kappa shape index (κ1) is 26.1. The number of hydrogen-bond donors (Lipinski definition) is 2. The number of aryl methyl sites for hydroxylation is 1. The van der Waals surface area contributed by atoms with Gasteiger partial charge in [-0.2, -0.15) is 0 Å². The molecule has 2 aromatic heterocycles. The lowest BCUT2D eigenvalue weighted by Crippen LogP contribution is -2.46. The van der Waals surface area contributed by atoms with Crippen molar-refractivity contribution >= 4 is 40.2 Å². The maximum Gasteiger partial charge on any atom is 0.413 e. The summed E-state index contributed by atoms with van der Waals surface area (Å²) in [4.78, 5) is 48.5. The van der Waals surface area contributed by atoms with Crippen molar-refractivity contribution in [1.29, 1.82) is 0 Å². The van der Waals surface area contributed by atoms with Crippen LogP contribution in [0, 0.1) is 12.8 Å². The number of hydrogen-bond acceptors (Lipinski definition) is 6. The minimum Gasteiger partial charge on any atom is -0.444 e. The van der Waals surface area contributed by atoms with Crippen LogP contribution in [-0.4, -0.2) is 44.9 Å². The average molecular weight is 504 g/mol. The lowest BCUT2D eigenvalue weighted by Gasteiger charge is -2.38. The molecule has 4 rings (SSSR count). The van der Waals surface area contributed by atoms with E-state index in [9.17, 15) is 14.4 Å². The second-order valence-corrected chi connectivity index (χ2v) is 10.6. The van der Waals surface area contributed by atoms with Crippen LogP contribution in [0.2, 0.25) is 0 Å². The minimum absolute atomic E-state index is 0.188. The van der Waals surface area contributed by atoms with Gasteiger partial charge in [0.2, 0.25) is 0 Å². The number of fused-ring (bicyclic) bond motifs is 1. The van der Waals surface area contributed by atoms with Crippen molar-refractivity contribution in [3.63, 3.8) is 0 Å². The smallest absolute Gasteiger partial charge is 0.413 e. The number of amides is 3. The summed E-state index contributed by atoms with van der Waals surface area (Å²) in [7, 11) is 0. The molecule has 1 aliphatic heterocycles. The lowest BCUT2D eigenvalue weighted by atomic mass is 9.89. The van der Waals surface area contributed by atoms with Crippen molar-refractivity contribution in [2.75, 3.05) is 17.2 Å². The molecule has 9 nitrogen and oxygen atoms in total. The summed E-state index contributed by atoms with van der Waals surface area (Å²) in [6.07, 6.45) is 6.09. The molecule has 1 aliphatic rings. The highest BCUT2D eigenvalue weighted by Crippen LogP contribution is 2.34. The number of pyridine rings is 2. The Balaban J connectivity index is 1.48. The number of anilines is 2. The van der Waals surface area contributed by atoms with Crippen molar-refractivity contribution in [1.82, 2.24) is 14.9 Å². The Bertz CT molecular complexity index is 1330. The van der Waals surface area contributed by atoms with Gasteiger partial charge in [0, 0.05) is 24.3 Å². The van der Waals surface area contributed by atoms with Gasteiger partial charge in [-0.05, 0) is 81.2 Å². The van der Waals surface area contributed by atoms with Gasteiger partial charge in [0.15, 0.2) is 0 Å². The van der Waals surface area contributed by atoms with Crippen LogP contribution in [0.25, 0.3) is 10.8 Å². The van der Waals surface area contributed by atoms with Crippen LogP contribution in [0.15, 0.2) is 48.9 Å². The van der Waals surface area contributed by atoms with Gasteiger partial charge in [0.25, 0.3) is 0 Å². The van der Waals surface area contributed by atoms with Gasteiger partial charge in [-0.25, -0.2) is 9.78 Å². The number of rotatable bonds is 3. The molecular weight excluding hydrogens is 470 g/mol. The van der Waals surface area contributed by atoms with Gasteiger partial charge < -0.3 is 15.0 Å². The second kappa shape index (κ2) is 10.5. The molecule has 9 heteroatoms. The Labute approximate surface area is 216 Å². The number of aromatic nitrogens is 2. The van der Waals surface area contributed by atoms with E-state index >= 15 is 0 Å². The Morgan fingerprint density at radius 3 is 2.54 bits per heavy atom. The van der Waals surface area contributed by atoms with E-state index in [0.29, 0.717) is 29.5 Å². The molecule has 37 heavy (non-hydrogen) atoms. The first-order valence-electron chi connectivity index (χ1n) is 12.4. The summed E-state index contributed by atoms with van der Waals surface area (Å²) in [6.45, 7) is 9.65. The second-order valence-electron chi connectivity index (χ2n) is 10.6. The Morgan fingerprint density at radius 1 is 1.03 bits per heavy atom. The summed E-state index contributed by atoms with van der Waals surface area (Å²) < 4.78 is 5.26. The monoisotopic (exact) mass is 503 g/mol. The van der Waals surface area contributed by atoms with E-state index in [1.165, 1.54) is 6.20 Å². The molecule has 1 fully saturated rings. The standard InChI is InChI=1S/C28H33N5O4/c1-17-6-9-23(20-7-8-21-14-29-11-10-19(21)13-20)33(16-17)26(35)25(34)31-22-12-18(2)24(30-15-22)32-27(36)37-28(3,4)5/h7-8,10-15,17,23H,6,9,16H2,1-5H3,(H,31,34)(H,30,32,36)/t17-,23+/m0/s1. The number of benzene rings is 1. The fraction of sp³-hybridized carbons (Fsp3) is 0.393. The van der Waals surface area contributed by atoms with E-state index in [-0.39, 0.29) is 6.04 Å². The number of ether oxygens (including phenoxy) is 1. The maximum atomic E-state index is 13.3. The number of likely N-dealkylation sites (tertiary alicyclic amines) is 1. The van der Waals surface area contributed by atoms with E-state index in [2.05, 4.69) is 33.6 Å². The summed E-state index contributed by atoms with van der Waals surface area (Å²) >= 11 is 0. The normalized spacial score (nSPS) is 17.8. The lowest BCUT2D eigenvalue weighted by molar-refractivity contribution is -0.146.